The fourth-order valence-corrected chi connectivity index (χ4v) is 3.59. The molecule has 0 aliphatic heterocycles. The maximum atomic E-state index is 12.3. The van der Waals surface area contributed by atoms with Crippen LogP contribution >= 0.6 is 11.6 Å². The van der Waals surface area contributed by atoms with Crippen molar-refractivity contribution in [1.82, 2.24) is 20.4 Å². The Bertz CT molecular complexity index is 1390. The zero-order valence-electron chi connectivity index (χ0n) is 16.7. The van der Waals surface area contributed by atoms with Crippen molar-refractivity contribution >= 4 is 51.3 Å². The topological polar surface area (TPSA) is 111 Å². The third kappa shape index (κ3) is 4.26. The molecule has 5 aromatic rings. The van der Waals surface area contributed by atoms with Crippen molar-refractivity contribution in [2.75, 3.05) is 16.0 Å². The minimum Gasteiger partial charge on any atom is -0.355 e. The molecule has 8 nitrogen and oxygen atoms in total. The molecule has 0 saturated carbocycles. The molecule has 0 unspecified atom stereocenters. The van der Waals surface area contributed by atoms with Crippen LogP contribution in [0.4, 0.5) is 27.5 Å². The molecule has 5 N–H and O–H groups in total. The van der Waals surface area contributed by atoms with Gasteiger partial charge in [-0.3, -0.25) is 10.2 Å². The van der Waals surface area contributed by atoms with Crippen LogP contribution in [0.3, 0.4) is 0 Å². The lowest BCUT2D eigenvalue weighted by Gasteiger charge is -2.11. The number of hydrogen-bond donors (Lipinski definition) is 5. The Labute approximate surface area is 188 Å². The molecule has 0 bridgehead atoms. The molecule has 3 aromatic carbocycles. The average molecular weight is 444 g/mol. The maximum Gasteiger partial charge on any atom is 0.323 e. The van der Waals surface area contributed by atoms with Crippen molar-refractivity contribution < 1.29 is 4.79 Å². The zero-order valence-corrected chi connectivity index (χ0v) is 17.4. The number of rotatable bonds is 5. The summed E-state index contributed by atoms with van der Waals surface area (Å²) in [7, 11) is 0. The van der Waals surface area contributed by atoms with E-state index in [1.807, 2.05) is 48.7 Å². The van der Waals surface area contributed by atoms with E-state index in [0.29, 0.717) is 16.4 Å². The van der Waals surface area contributed by atoms with Crippen LogP contribution in [0.25, 0.3) is 22.2 Å². The Morgan fingerprint density at radius 3 is 2.41 bits per heavy atom. The molecule has 5 rings (SSSR count). The molecule has 0 saturated heterocycles. The van der Waals surface area contributed by atoms with Gasteiger partial charge in [0.15, 0.2) is 0 Å². The fraction of sp³-hybridized carbons (Fsp3) is 0. The molecule has 32 heavy (non-hydrogen) atoms. The first kappa shape index (κ1) is 19.7. The highest BCUT2D eigenvalue weighted by molar-refractivity contribution is 6.30. The summed E-state index contributed by atoms with van der Waals surface area (Å²) in [5.41, 5.74) is 5.66. The molecule has 0 radical (unpaired) electrons. The number of amides is 2. The smallest absolute Gasteiger partial charge is 0.323 e. The highest BCUT2D eigenvalue weighted by Crippen LogP contribution is 2.29. The monoisotopic (exact) mass is 443 g/mol. The molecule has 2 amide bonds. The predicted octanol–water partition coefficient (Wildman–Crippen LogP) is 5.99. The molecule has 2 heterocycles. The van der Waals surface area contributed by atoms with Gasteiger partial charge in [0.05, 0.1) is 11.7 Å². The summed E-state index contributed by atoms with van der Waals surface area (Å²) >= 11 is 5.96. The van der Waals surface area contributed by atoms with Gasteiger partial charge in [-0.25, -0.2) is 4.79 Å². The molecule has 2 aromatic heterocycles. The number of carbonyl (C=O) groups is 1. The van der Waals surface area contributed by atoms with Crippen LogP contribution in [-0.4, -0.2) is 26.4 Å². The lowest BCUT2D eigenvalue weighted by molar-refractivity contribution is 0.262. The number of carbonyl (C=O) groups excluding carboxylic acids is 1. The Hall–Kier alpha value is -4.30. The normalized spacial score (nSPS) is 10.8. The maximum absolute atomic E-state index is 12.3. The number of nitrogens with zero attached hydrogens (tertiary/aromatic N) is 2. The number of H-pyrrole nitrogens is 2. The first-order valence-corrected chi connectivity index (χ1v) is 10.2. The third-order valence-corrected chi connectivity index (χ3v) is 5.06. The number of hydrogen-bond acceptors (Lipinski definition) is 4. The highest BCUT2D eigenvalue weighted by atomic mass is 35.5. The largest absolute Gasteiger partial charge is 0.355 e. The number of urea groups is 1. The molecule has 9 heteroatoms. The fourth-order valence-electron chi connectivity index (χ4n) is 3.40. The second-order valence-corrected chi connectivity index (χ2v) is 7.55. The second-order valence-electron chi connectivity index (χ2n) is 7.11. The minimum absolute atomic E-state index is 0.352. The summed E-state index contributed by atoms with van der Waals surface area (Å²) in [6.45, 7) is 0. The van der Waals surface area contributed by atoms with Gasteiger partial charge in [-0.15, -0.1) is 0 Å². The molecular weight excluding hydrogens is 426 g/mol. The van der Waals surface area contributed by atoms with Crippen molar-refractivity contribution in [1.29, 1.82) is 0 Å². The lowest BCUT2D eigenvalue weighted by atomic mass is 10.1. The van der Waals surface area contributed by atoms with E-state index in [1.54, 1.807) is 30.5 Å². The van der Waals surface area contributed by atoms with Crippen molar-refractivity contribution in [2.45, 2.75) is 0 Å². The number of benzene rings is 3. The van der Waals surface area contributed by atoms with Crippen LogP contribution in [0, 0.1) is 0 Å². The molecule has 0 aliphatic rings. The molecule has 0 fully saturated rings. The summed E-state index contributed by atoms with van der Waals surface area (Å²) in [5, 5.41) is 24.7. The Morgan fingerprint density at radius 1 is 0.875 bits per heavy atom. The number of fused-ring (bicyclic) bond motifs is 1. The summed E-state index contributed by atoms with van der Waals surface area (Å²) < 4.78 is 0. The number of anilines is 4. The Balaban J connectivity index is 1.29. The van der Waals surface area contributed by atoms with E-state index in [4.69, 9.17) is 11.6 Å². The summed E-state index contributed by atoms with van der Waals surface area (Å²) in [6, 6.07) is 20.1. The Kier molecular flexibility index (Phi) is 5.19. The molecule has 0 atom stereocenters. The van der Waals surface area contributed by atoms with Gasteiger partial charge in [0.25, 0.3) is 0 Å². The zero-order chi connectivity index (χ0) is 21.9. The van der Waals surface area contributed by atoms with Gasteiger partial charge in [0, 0.05) is 44.9 Å². The van der Waals surface area contributed by atoms with E-state index in [-0.39, 0.29) is 6.03 Å². The van der Waals surface area contributed by atoms with Crippen LogP contribution in [0.15, 0.2) is 79.1 Å². The van der Waals surface area contributed by atoms with E-state index in [2.05, 4.69) is 36.3 Å². The van der Waals surface area contributed by atoms with E-state index in [0.717, 1.165) is 33.5 Å². The van der Waals surface area contributed by atoms with Gasteiger partial charge in [-0.1, -0.05) is 23.7 Å². The van der Waals surface area contributed by atoms with Gasteiger partial charge in [-0.05, 0) is 54.6 Å². The van der Waals surface area contributed by atoms with E-state index < -0.39 is 0 Å². The summed E-state index contributed by atoms with van der Waals surface area (Å²) in [5.74, 6) is 0. The molecule has 0 spiro atoms. The summed E-state index contributed by atoms with van der Waals surface area (Å²) in [6.07, 6.45) is 3.55. The number of halogens is 1. The minimum atomic E-state index is -0.352. The third-order valence-electron chi connectivity index (χ3n) is 4.83. The van der Waals surface area contributed by atoms with Crippen molar-refractivity contribution in [3.63, 3.8) is 0 Å². The van der Waals surface area contributed by atoms with Crippen LogP contribution in [-0.2, 0) is 0 Å². The molecule has 158 valence electrons. The van der Waals surface area contributed by atoms with Gasteiger partial charge >= 0.3 is 6.03 Å². The number of aromatic amines is 2. The van der Waals surface area contributed by atoms with Crippen LogP contribution in [0.5, 0.6) is 0 Å². The molecular formula is C23H18ClN7O. The van der Waals surface area contributed by atoms with E-state index >= 15 is 0 Å². The second kappa shape index (κ2) is 8.44. The first-order valence-electron chi connectivity index (χ1n) is 9.82. The summed E-state index contributed by atoms with van der Waals surface area (Å²) in [4.78, 5) is 12.3. The highest BCUT2D eigenvalue weighted by Gasteiger charge is 2.10. The van der Waals surface area contributed by atoms with Gasteiger partial charge in [0.2, 0.25) is 0 Å². The standard InChI is InChI=1S/C23H18ClN7O/c24-15-3-1-4-16(9-15)28-23(32)29-18-6-2-5-17(10-18)27-19-7-8-20-21(11-19)30-31-22(20)14-12-25-26-13-14/h1-13,27H,(H,25,26)(H,30,31)(H2,28,29,32). The predicted molar refractivity (Wildman–Crippen MR) is 127 cm³/mol. The SMILES string of the molecule is O=C(Nc1cccc(Cl)c1)Nc1cccc(Nc2ccc3c(-c4cn[nH]c4)n[nH]c3c2)c1. The number of aromatic nitrogens is 4. The van der Waals surface area contributed by atoms with Crippen molar-refractivity contribution in [2.24, 2.45) is 0 Å². The van der Waals surface area contributed by atoms with Gasteiger partial charge in [-0.2, -0.15) is 10.2 Å². The number of nitrogens with one attached hydrogen (secondary N) is 5. The van der Waals surface area contributed by atoms with Gasteiger partial charge in [0.1, 0.15) is 5.69 Å². The van der Waals surface area contributed by atoms with Gasteiger partial charge < -0.3 is 16.0 Å². The van der Waals surface area contributed by atoms with Crippen molar-refractivity contribution in [3.05, 3.63) is 84.1 Å². The van der Waals surface area contributed by atoms with Crippen LogP contribution in [0.1, 0.15) is 0 Å². The first-order chi connectivity index (χ1) is 15.6. The average Bonchev–Trinajstić information content (AvgIpc) is 3.43. The lowest BCUT2D eigenvalue weighted by Crippen LogP contribution is -2.19. The van der Waals surface area contributed by atoms with Crippen LogP contribution in [0.2, 0.25) is 5.02 Å². The van der Waals surface area contributed by atoms with Crippen molar-refractivity contribution in [3.8, 4) is 11.3 Å². The Morgan fingerprint density at radius 2 is 1.62 bits per heavy atom. The van der Waals surface area contributed by atoms with E-state index in [9.17, 15) is 4.79 Å². The van der Waals surface area contributed by atoms with E-state index in [1.165, 1.54) is 0 Å². The molecule has 0 aliphatic carbocycles. The quantitative estimate of drug-likeness (QED) is 0.229. The van der Waals surface area contributed by atoms with Crippen LogP contribution < -0.4 is 16.0 Å².